The highest BCUT2D eigenvalue weighted by Crippen LogP contribution is 2.60. The van der Waals surface area contributed by atoms with Crippen LogP contribution in [0.4, 0.5) is 0 Å². The Balaban J connectivity index is 1.32. The minimum atomic E-state index is -0.920. The van der Waals surface area contributed by atoms with Crippen molar-refractivity contribution in [1.82, 2.24) is 4.90 Å². The van der Waals surface area contributed by atoms with Gasteiger partial charge in [0, 0.05) is 30.3 Å². The van der Waals surface area contributed by atoms with E-state index in [1.54, 1.807) is 14.2 Å². The Labute approximate surface area is 262 Å². The van der Waals surface area contributed by atoms with Crippen molar-refractivity contribution in [2.24, 2.45) is 16.6 Å². The largest absolute Gasteiger partial charge is 0.497 e. The van der Waals surface area contributed by atoms with Gasteiger partial charge < -0.3 is 30.0 Å². The number of methoxy groups -OCH3 is 2. The Bertz CT molecular complexity index is 1280. The van der Waals surface area contributed by atoms with Crippen molar-refractivity contribution in [3.8, 4) is 11.5 Å². The monoisotopic (exact) mass is 600 g/mol. The van der Waals surface area contributed by atoms with Crippen LogP contribution in [0.2, 0.25) is 0 Å². The summed E-state index contributed by atoms with van der Waals surface area (Å²) in [5, 5.41) is 10.7. The van der Waals surface area contributed by atoms with E-state index >= 15 is 0 Å². The van der Waals surface area contributed by atoms with Crippen LogP contribution in [0.25, 0.3) is 0 Å². The van der Waals surface area contributed by atoms with Gasteiger partial charge in [0.25, 0.3) is 0 Å². The summed E-state index contributed by atoms with van der Waals surface area (Å²) in [6, 6.07) is 26.3. The quantitative estimate of drug-likeness (QED) is 0.157. The molecule has 1 aliphatic carbocycles. The van der Waals surface area contributed by atoms with E-state index in [9.17, 15) is 9.90 Å². The second kappa shape index (κ2) is 14.1. The zero-order chi connectivity index (χ0) is 31.0. The molecule has 2 fully saturated rings. The molecule has 5 rings (SSSR count). The average Bonchev–Trinajstić information content (AvgIpc) is 3.04. The van der Waals surface area contributed by atoms with Crippen molar-refractivity contribution < 1.29 is 24.1 Å². The van der Waals surface area contributed by atoms with Crippen LogP contribution in [0.15, 0.2) is 78.9 Å². The number of carbonyl (C=O) groups excluding carboxylic acids is 1. The summed E-state index contributed by atoms with van der Waals surface area (Å²) in [6.45, 7) is 2.73. The fraction of sp³-hybridized carbons (Fsp3) is 0.486. The third-order valence-electron chi connectivity index (χ3n) is 9.60. The van der Waals surface area contributed by atoms with Crippen LogP contribution >= 0.6 is 0 Å². The smallest absolute Gasteiger partial charge is 0.222 e. The second-order valence-corrected chi connectivity index (χ2v) is 12.9. The summed E-state index contributed by atoms with van der Waals surface area (Å²) in [5.74, 6) is 1.80. The molecule has 1 spiro atoms. The molecule has 2 aliphatic rings. The highest BCUT2D eigenvalue weighted by Gasteiger charge is 2.61. The first-order valence-electron chi connectivity index (χ1n) is 16.0. The van der Waals surface area contributed by atoms with Gasteiger partial charge in [-0.25, -0.2) is 0 Å². The number of carbonyl (C=O) groups is 1. The second-order valence-electron chi connectivity index (χ2n) is 12.9. The molecule has 0 radical (unpaired) electrons. The molecule has 0 atom stereocenters. The molecule has 3 N–H and O–H groups in total. The normalized spacial score (nSPS) is 16.7. The number of hydrogen-bond donors (Lipinski definition) is 2. The summed E-state index contributed by atoms with van der Waals surface area (Å²) in [6.07, 6.45) is 7.68. The molecule has 1 aliphatic heterocycles. The number of benzene rings is 3. The number of nitrogens with zero attached hydrogens (tertiary/aromatic N) is 1. The molecule has 3 aromatic rings. The standard InChI is InChI=1S/C37H48N2O5/c1-42-32-18-14-30(15-19-32)37(29-11-7-6-8-12-29,31-16-20-33(43-2)21-17-31)44-28-36(27-40)23-35(24-36)25-39(26-35)34(41)13-9-4-3-5-10-22-38/h6-8,11-12,14-21,40H,3-5,9-10,13,22-28,38H2,1-2H3. The number of nitrogens with two attached hydrogens (primary N) is 1. The number of amides is 1. The number of aliphatic hydroxyl groups is 1. The molecule has 0 aromatic heterocycles. The van der Waals surface area contributed by atoms with E-state index in [0.717, 1.165) is 92.8 Å². The summed E-state index contributed by atoms with van der Waals surface area (Å²) in [5.41, 5.74) is 7.32. The molecule has 7 nitrogen and oxygen atoms in total. The van der Waals surface area contributed by atoms with Crippen LogP contribution in [0.3, 0.4) is 0 Å². The molecule has 44 heavy (non-hydrogen) atoms. The van der Waals surface area contributed by atoms with Crippen LogP contribution in [-0.4, -0.2) is 63.0 Å². The number of hydrogen-bond acceptors (Lipinski definition) is 6. The van der Waals surface area contributed by atoms with E-state index in [1.165, 1.54) is 0 Å². The Morgan fingerprint density at radius 2 is 1.32 bits per heavy atom. The minimum absolute atomic E-state index is 0.0432. The van der Waals surface area contributed by atoms with Crippen LogP contribution < -0.4 is 15.2 Å². The Kier molecular flexibility index (Phi) is 10.3. The third-order valence-corrected chi connectivity index (χ3v) is 9.60. The first kappa shape index (κ1) is 32.0. The Hall–Kier alpha value is -3.39. The number of rotatable bonds is 16. The highest BCUT2D eigenvalue weighted by atomic mass is 16.5. The van der Waals surface area contributed by atoms with Crippen molar-refractivity contribution in [2.75, 3.05) is 47.1 Å². The van der Waals surface area contributed by atoms with E-state index in [2.05, 4.69) is 36.4 Å². The zero-order valence-corrected chi connectivity index (χ0v) is 26.3. The van der Waals surface area contributed by atoms with Gasteiger partial charge in [-0.1, -0.05) is 73.9 Å². The number of likely N-dealkylation sites (tertiary alicyclic amines) is 1. The number of unbranched alkanes of at least 4 members (excludes halogenated alkanes) is 4. The summed E-state index contributed by atoms with van der Waals surface area (Å²) in [7, 11) is 3.33. The molecule has 1 amide bonds. The van der Waals surface area contributed by atoms with Gasteiger partial charge in [0.15, 0.2) is 0 Å². The molecule has 236 valence electrons. The fourth-order valence-corrected chi connectivity index (χ4v) is 7.41. The third kappa shape index (κ3) is 6.65. The van der Waals surface area contributed by atoms with Gasteiger partial charge in [0.2, 0.25) is 5.91 Å². The maximum absolute atomic E-state index is 12.8. The van der Waals surface area contributed by atoms with Crippen molar-refractivity contribution in [3.63, 3.8) is 0 Å². The predicted octanol–water partition coefficient (Wildman–Crippen LogP) is 5.91. The van der Waals surface area contributed by atoms with Gasteiger partial charge in [0.1, 0.15) is 17.1 Å². The topological polar surface area (TPSA) is 94.2 Å². The van der Waals surface area contributed by atoms with E-state index in [0.29, 0.717) is 13.0 Å². The fourth-order valence-electron chi connectivity index (χ4n) is 7.41. The van der Waals surface area contributed by atoms with Gasteiger partial charge in [-0.2, -0.15) is 0 Å². The maximum Gasteiger partial charge on any atom is 0.222 e. The lowest BCUT2D eigenvalue weighted by atomic mass is 9.50. The van der Waals surface area contributed by atoms with Crippen molar-refractivity contribution in [3.05, 3.63) is 95.6 Å². The molecular weight excluding hydrogens is 552 g/mol. The Morgan fingerprint density at radius 1 is 0.795 bits per heavy atom. The minimum Gasteiger partial charge on any atom is -0.497 e. The van der Waals surface area contributed by atoms with Crippen LogP contribution in [-0.2, 0) is 15.1 Å². The van der Waals surface area contributed by atoms with Gasteiger partial charge in [-0.3, -0.25) is 4.79 Å². The molecule has 0 bridgehead atoms. The molecule has 7 heteroatoms. The van der Waals surface area contributed by atoms with E-state index in [1.807, 2.05) is 47.4 Å². The Morgan fingerprint density at radius 3 is 1.84 bits per heavy atom. The zero-order valence-electron chi connectivity index (χ0n) is 26.3. The summed E-state index contributed by atoms with van der Waals surface area (Å²) >= 11 is 0. The van der Waals surface area contributed by atoms with Crippen LogP contribution in [0.1, 0.15) is 68.1 Å². The molecular formula is C37H48N2O5. The van der Waals surface area contributed by atoms with Crippen LogP contribution in [0.5, 0.6) is 11.5 Å². The van der Waals surface area contributed by atoms with Gasteiger partial charge in [-0.05, 0) is 73.2 Å². The van der Waals surface area contributed by atoms with Crippen LogP contribution in [0, 0.1) is 10.8 Å². The molecule has 3 aromatic carbocycles. The number of ether oxygens (including phenoxy) is 3. The van der Waals surface area contributed by atoms with Crippen molar-refractivity contribution in [2.45, 2.75) is 57.0 Å². The lowest BCUT2D eigenvalue weighted by molar-refractivity contribution is -0.198. The van der Waals surface area contributed by atoms with E-state index in [4.69, 9.17) is 19.9 Å². The molecule has 1 heterocycles. The van der Waals surface area contributed by atoms with Gasteiger partial charge in [-0.15, -0.1) is 0 Å². The van der Waals surface area contributed by atoms with Gasteiger partial charge >= 0.3 is 0 Å². The van der Waals surface area contributed by atoms with Crippen molar-refractivity contribution >= 4 is 5.91 Å². The van der Waals surface area contributed by atoms with Crippen molar-refractivity contribution in [1.29, 1.82) is 0 Å². The first-order valence-corrected chi connectivity index (χ1v) is 16.0. The highest BCUT2D eigenvalue weighted by molar-refractivity contribution is 5.77. The van der Waals surface area contributed by atoms with E-state index < -0.39 is 5.60 Å². The number of aliphatic hydroxyl groups excluding tert-OH is 1. The SMILES string of the molecule is COc1ccc(C(OCC2(CO)CC3(CN(C(=O)CCCCCCCN)C3)C2)(c2ccccc2)c2ccc(OC)cc2)cc1. The lowest BCUT2D eigenvalue weighted by Gasteiger charge is -2.64. The predicted molar refractivity (Wildman–Crippen MR) is 173 cm³/mol. The average molecular weight is 601 g/mol. The van der Waals surface area contributed by atoms with Gasteiger partial charge in [0.05, 0.1) is 27.4 Å². The first-order chi connectivity index (χ1) is 21.4. The summed E-state index contributed by atoms with van der Waals surface area (Å²) in [4.78, 5) is 14.8. The maximum atomic E-state index is 12.8. The molecule has 1 saturated carbocycles. The molecule has 0 unspecified atom stereocenters. The molecule has 1 saturated heterocycles. The summed E-state index contributed by atoms with van der Waals surface area (Å²) < 4.78 is 18.1. The van der Waals surface area contributed by atoms with E-state index in [-0.39, 0.29) is 23.3 Å². The lowest BCUT2D eigenvalue weighted by Crippen LogP contribution is -2.68.